The summed E-state index contributed by atoms with van der Waals surface area (Å²) in [5.74, 6) is 0. The predicted octanol–water partition coefficient (Wildman–Crippen LogP) is 0.952. The lowest BCUT2D eigenvalue weighted by molar-refractivity contribution is 0.0240. The first-order valence-corrected chi connectivity index (χ1v) is 9.81. The standard InChI is InChI=1S/C9H22NO4PS/c1-8(2)14-9(7-15(3,4)11)6-10-16(5,12)13/h8-10H,6-7H2,1-5H3/t9-/m0/s1. The van der Waals surface area contributed by atoms with Crippen LogP contribution in [-0.4, -0.2) is 52.9 Å². The topological polar surface area (TPSA) is 72.5 Å². The van der Waals surface area contributed by atoms with Gasteiger partial charge in [0.2, 0.25) is 10.0 Å². The van der Waals surface area contributed by atoms with Gasteiger partial charge in [-0.25, -0.2) is 13.1 Å². The fourth-order valence-electron chi connectivity index (χ4n) is 1.28. The summed E-state index contributed by atoms with van der Waals surface area (Å²) in [5.41, 5.74) is 0. The van der Waals surface area contributed by atoms with Crippen LogP contribution >= 0.6 is 7.14 Å². The summed E-state index contributed by atoms with van der Waals surface area (Å²) < 4.78 is 41.5. The van der Waals surface area contributed by atoms with Gasteiger partial charge in [-0.05, 0) is 27.2 Å². The molecule has 98 valence electrons. The summed E-state index contributed by atoms with van der Waals surface area (Å²) in [6.07, 6.45) is 1.12. The highest BCUT2D eigenvalue weighted by molar-refractivity contribution is 7.88. The molecule has 0 saturated heterocycles. The number of hydrogen-bond donors (Lipinski definition) is 1. The molecule has 1 N–H and O–H groups in total. The summed E-state index contributed by atoms with van der Waals surface area (Å²) in [5, 5.41) is 0. The molecule has 1 atom stereocenters. The largest absolute Gasteiger partial charge is 0.374 e. The third-order valence-electron chi connectivity index (χ3n) is 1.68. The van der Waals surface area contributed by atoms with Crippen molar-refractivity contribution in [2.45, 2.75) is 26.1 Å². The Morgan fingerprint density at radius 2 is 1.81 bits per heavy atom. The zero-order valence-electron chi connectivity index (χ0n) is 10.6. The number of ether oxygens (including phenoxy) is 1. The minimum absolute atomic E-state index is 0.0158. The minimum atomic E-state index is -3.23. The van der Waals surface area contributed by atoms with E-state index in [0.29, 0.717) is 6.16 Å². The number of sulfonamides is 1. The first-order chi connectivity index (χ1) is 6.99. The van der Waals surface area contributed by atoms with Crippen LogP contribution in [0.3, 0.4) is 0 Å². The Bertz CT molecular complexity index is 347. The van der Waals surface area contributed by atoms with Crippen molar-refractivity contribution in [3.05, 3.63) is 0 Å². The van der Waals surface area contributed by atoms with Crippen molar-refractivity contribution >= 4 is 17.2 Å². The van der Waals surface area contributed by atoms with Gasteiger partial charge in [0, 0.05) is 12.7 Å². The molecule has 0 aromatic heterocycles. The Labute approximate surface area is 98.4 Å². The Kier molecular flexibility index (Phi) is 6.18. The maximum absolute atomic E-state index is 11.7. The molecule has 0 aliphatic rings. The van der Waals surface area contributed by atoms with Crippen LogP contribution in [0.15, 0.2) is 0 Å². The molecule has 7 heteroatoms. The number of nitrogens with one attached hydrogen (secondary N) is 1. The van der Waals surface area contributed by atoms with E-state index in [1.807, 2.05) is 13.8 Å². The molecule has 5 nitrogen and oxygen atoms in total. The molecule has 0 aliphatic carbocycles. The van der Waals surface area contributed by atoms with Gasteiger partial charge in [0.05, 0.1) is 25.6 Å². The summed E-state index contributed by atoms with van der Waals surface area (Å²) >= 11 is 0. The number of rotatable bonds is 7. The molecule has 0 saturated carbocycles. The minimum Gasteiger partial charge on any atom is -0.374 e. The SMILES string of the molecule is CC(C)O[C@@H](CNS(C)(=O)=O)CP(C)(C)=O. The number of hydrogen-bond acceptors (Lipinski definition) is 4. The maximum atomic E-state index is 11.7. The van der Waals surface area contributed by atoms with E-state index in [9.17, 15) is 13.0 Å². The summed E-state index contributed by atoms with van der Waals surface area (Å²) in [7, 11) is -5.45. The summed E-state index contributed by atoms with van der Waals surface area (Å²) in [6, 6.07) is 0. The third-order valence-corrected chi connectivity index (χ3v) is 3.66. The Hall–Kier alpha value is 0.1000. The summed E-state index contributed by atoms with van der Waals surface area (Å²) in [4.78, 5) is 0. The quantitative estimate of drug-likeness (QED) is 0.700. The van der Waals surface area contributed by atoms with Gasteiger partial charge in [0.25, 0.3) is 0 Å². The molecule has 0 aromatic rings. The second-order valence-electron chi connectivity index (χ2n) is 4.68. The highest BCUT2D eigenvalue weighted by atomic mass is 32.2. The fourth-order valence-corrected chi connectivity index (χ4v) is 2.96. The van der Waals surface area contributed by atoms with Crippen molar-refractivity contribution in [1.82, 2.24) is 4.72 Å². The molecule has 0 heterocycles. The van der Waals surface area contributed by atoms with E-state index in [1.54, 1.807) is 13.3 Å². The van der Waals surface area contributed by atoms with Crippen LogP contribution in [-0.2, 0) is 19.3 Å². The molecule has 0 radical (unpaired) electrons. The zero-order valence-corrected chi connectivity index (χ0v) is 12.3. The van der Waals surface area contributed by atoms with Gasteiger partial charge in [0.1, 0.15) is 0 Å². The second-order valence-corrected chi connectivity index (χ2v) is 10.0. The van der Waals surface area contributed by atoms with Gasteiger partial charge < -0.3 is 9.30 Å². The average molecular weight is 271 g/mol. The molecule has 0 aromatic carbocycles. The van der Waals surface area contributed by atoms with E-state index in [2.05, 4.69) is 4.72 Å². The molecule has 0 unspecified atom stereocenters. The van der Waals surface area contributed by atoms with E-state index < -0.39 is 17.2 Å². The molecule has 0 spiro atoms. The van der Waals surface area contributed by atoms with Gasteiger partial charge in [0.15, 0.2) is 0 Å². The van der Waals surface area contributed by atoms with Crippen LogP contribution in [0.25, 0.3) is 0 Å². The molecule has 0 amide bonds. The molecule has 0 rings (SSSR count). The second kappa shape index (κ2) is 6.15. The predicted molar refractivity (Wildman–Crippen MR) is 67.2 cm³/mol. The third kappa shape index (κ3) is 10.6. The van der Waals surface area contributed by atoms with Crippen molar-refractivity contribution in [1.29, 1.82) is 0 Å². The van der Waals surface area contributed by atoms with Crippen LogP contribution in [0.2, 0.25) is 0 Å². The molecular formula is C9H22NO4PS. The van der Waals surface area contributed by atoms with E-state index in [1.165, 1.54) is 0 Å². The maximum Gasteiger partial charge on any atom is 0.208 e. The molecule has 0 fully saturated rings. The average Bonchev–Trinajstić information content (AvgIpc) is 1.94. The van der Waals surface area contributed by atoms with Gasteiger partial charge in [-0.15, -0.1) is 0 Å². The smallest absolute Gasteiger partial charge is 0.208 e. The monoisotopic (exact) mass is 271 g/mol. The van der Waals surface area contributed by atoms with Crippen molar-refractivity contribution in [2.75, 3.05) is 32.3 Å². The Balaban J connectivity index is 4.38. The van der Waals surface area contributed by atoms with Crippen molar-refractivity contribution in [3.8, 4) is 0 Å². The Morgan fingerprint density at radius 3 is 2.12 bits per heavy atom. The molecule has 0 aliphatic heterocycles. The van der Waals surface area contributed by atoms with Gasteiger partial charge in [-0.2, -0.15) is 0 Å². The van der Waals surface area contributed by atoms with Gasteiger partial charge in [-0.1, -0.05) is 0 Å². The van der Waals surface area contributed by atoms with Gasteiger partial charge in [-0.3, -0.25) is 0 Å². The van der Waals surface area contributed by atoms with Crippen LogP contribution in [0.4, 0.5) is 0 Å². The van der Waals surface area contributed by atoms with Gasteiger partial charge >= 0.3 is 0 Å². The van der Waals surface area contributed by atoms with E-state index in [0.717, 1.165) is 6.26 Å². The van der Waals surface area contributed by atoms with Crippen molar-refractivity contribution < 1.29 is 17.7 Å². The van der Waals surface area contributed by atoms with Crippen LogP contribution in [0.5, 0.6) is 0 Å². The molecular weight excluding hydrogens is 249 g/mol. The van der Waals surface area contributed by atoms with Crippen LogP contribution in [0.1, 0.15) is 13.8 Å². The molecule has 16 heavy (non-hydrogen) atoms. The molecule has 0 bridgehead atoms. The first kappa shape index (κ1) is 16.1. The van der Waals surface area contributed by atoms with Crippen molar-refractivity contribution in [2.24, 2.45) is 0 Å². The lowest BCUT2D eigenvalue weighted by atomic mass is 10.4. The van der Waals surface area contributed by atoms with Crippen molar-refractivity contribution in [3.63, 3.8) is 0 Å². The zero-order chi connectivity index (χ0) is 13.0. The normalized spacial score (nSPS) is 15.4. The van der Waals surface area contributed by atoms with E-state index in [4.69, 9.17) is 4.74 Å². The van der Waals surface area contributed by atoms with Crippen LogP contribution in [0, 0.1) is 0 Å². The summed E-state index contributed by atoms with van der Waals surface area (Å²) in [6.45, 7) is 7.24. The van der Waals surface area contributed by atoms with E-state index >= 15 is 0 Å². The van der Waals surface area contributed by atoms with E-state index in [-0.39, 0.29) is 18.8 Å². The van der Waals surface area contributed by atoms with Crippen LogP contribution < -0.4 is 4.72 Å². The lowest BCUT2D eigenvalue weighted by Gasteiger charge is -2.22. The lowest BCUT2D eigenvalue weighted by Crippen LogP contribution is -2.36. The Morgan fingerprint density at radius 1 is 1.31 bits per heavy atom. The highest BCUT2D eigenvalue weighted by Gasteiger charge is 2.20. The highest BCUT2D eigenvalue weighted by Crippen LogP contribution is 2.37. The fraction of sp³-hybridized carbons (Fsp3) is 1.00. The first-order valence-electron chi connectivity index (χ1n) is 5.14.